The second kappa shape index (κ2) is 9.14. The van der Waals surface area contributed by atoms with E-state index < -0.39 is 5.82 Å². The molecule has 3 aromatic rings. The fourth-order valence-corrected chi connectivity index (χ4v) is 4.42. The van der Waals surface area contributed by atoms with Crippen LogP contribution in [0.3, 0.4) is 0 Å². The maximum Gasteiger partial charge on any atom is 0.188 e. The van der Waals surface area contributed by atoms with Gasteiger partial charge in [0.15, 0.2) is 11.6 Å². The van der Waals surface area contributed by atoms with Crippen LogP contribution in [-0.2, 0) is 22.9 Å². The van der Waals surface area contributed by atoms with Crippen LogP contribution in [0.4, 0.5) is 4.39 Å². The van der Waals surface area contributed by atoms with E-state index in [4.69, 9.17) is 21.1 Å². The molecule has 1 saturated heterocycles. The molecule has 1 atom stereocenters. The minimum Gasteiger partial charge on any atom is -0.376 e. The highest BCUT2D eigenvalue weighted by Crippen LogP contribution is 2.30. The van der Waals surface area contributed by atoms with Gasteiger partial charge in [-0.1, -0.05) is 33.6 Å². The normalized spacial score (nSPS) is 16.5. The van der Waals surface area contributed by atoms with Gasteiger partial charge in [0.05, 0.1) is 24.6 Å². The number of halogens is 3. The fourth-order valence-electron chi connectivity index (χ4n) is 3.68. The van der Waals surface area contributed by atoms with Crippen molar-refractivity contribution in [2.24, 2.45) is 7.05 Å². The molecular formula is C22H21BrClFN2O3. The molecule has 5 nitrogen and oxygen atoms in total. The van der Waals surface area contributed by atoms with Crippen LogP contribution >= 0.6 is 27.5 Å². The maximum atomic E-state index is 15.4. The van der Waals surface area contributed by atoms with Crippen molar-refractivity contribution in [3.8, 4) is 0 Å². The van der Waals surface area contributed by atoms with Crippen LogP contribution in [0.25, 0.3) is 11.0 Å². The van der Waals surface area contributed by atoms with Gasteiger partial charge < -0.3 is 14.0 Å². The number of ketones is 1. The van der Waals surface area contributed by atoms with Crippen LogP contribution in [0.5, 0.6) is 0 Å². The number of rotatable bonds is 7. The molecular weight excluding hydrogens is 475 g/mol. The molecule has 0 aliphatic carbocycles. The molecule has 2 aromatic carbocycles. The smallest absolute Gasteiger partial charge is 0.188 e. The summed E-state index contributed by atoms with van der Waals surface area (Å²) in [5.74, 6) is -0.784. The molecule has 0 bridgehead atoms. The minimum atomic E-state index is -0.505. The molecule has 1 unspecified atom stereocenters. The molecule has 8 heteroatoms. The number of ether oxygens (including phenoxy) is 2. The van der Waals surface area contributed by atoms with E-state index in [9.17, 15) is 4.79 Å². The predicted octanol–water partition coefficient (Wildman–Crippen LogP) is 5.10. The van der Waals surface area contributed by atoms with Gasteiger partial charge in [0, 0.05) is 40.7 Å². The van der Waals surface area contributed by atoms with Crippen molar-refractivity contribution in [2.75, 3.05) is 19.8 Å². The molecule has 158 valence electrons. The first-order valence-electron chi connectivity index (χ1n) is 9.73. The summed E-state index contributed by atoms with van der Waals surface area (Å²) < 4.78 is 29.1. The van der Waals surface area contributed by atoms with Crippen LogP contribution in [0.1, 0.15) is 34.3 Å². The molecule has 0 N–H and O–H groups in total. The number of nitrogens with zero attached hydrogens (tertiary/aromatic N) is 2. The highest BCUT2D eigenvalue weighted by Gasteiger charge is 2.23. The van der Waals surface area contributed by atoms with E-state index in [1.165, 1.54) is 6.33 Å². The number of aryl methyl sites for hydroxylation is 1. The van der Waals surface area contributed by atoms with Gasteiger partial charge in [-0.2, -0.15) is 0 Å². The average Bonchev–Trinajstić information content (AvgIpc) is 3.35. The van der Waals surface area contributed by atoms with Gasteiger partial charge in [-0.05, 0) is 36.6 Å². The van der Waals surface area contributed by atoms with E-state index in [0.29, 0.717) is 17.1 Å². The van der Waals surface area contributed by atoms with Gasteiger partial charge in [0.25, 0.3) is 0 Å². The van der Waals surface area contributed by atoms with Crippen LogP contribution in [0.2, 0.25) is 5.02 Å². The zero-order valence-electron chi connectivity index (χ0n) is 16.5. The molecule has 1 fully saturated rings. The van der Waals surface area contributed by atoms with Gasteiger partial charge in [0.2, 0.25) is 0 Å². The zero-order valence-corrected chi connectivity index (χ0v) is 18.8. The van der Waals surface area contributed by atoms with Crippen molar-refractivity contribution in [1.29, 1.82) is 0 Å². The third kappa shape index (κ3) is 4.44. The van der Waals surface area contributed by atoms with Crippen molar-refractivity contribution in [3.63, 3.8) is 0 Å². The molecule has 0 saturated carbocycles. The highest BCUT2D eigenvalue weighted by molar-refractivity contribution is 9.10. The van der Waals surface area contributed by atoms with Crippen LogP contribution in [-0.4, -0.2) is 41.3 Å². The number of Topliss-reactive ketones (excluding diaryl/α,β-unsaturated/α-hetero) is 1. The standard InChI is InChI=1S/C22H21BrClFN2O3/c1-27-12-26-22-19(27)9-16(20(28)11-29-10-15-3-2-6-30-15)17(21(22)25)7-13-4-5-14(23)8-18(13)24/h4-5,8-9,12,15H,2-3,6-7,10-11H2,1H3. The lowest BCUT2D eigenvalue weighted by molar-refractivity contribution is 0.0190. The summed E-state index contributed by atoms with van der Waals surface area (Å²) in [5.41, 5.74) is 2.08. The van der Waals surface area contributed by atoms with E-state index in [1.54, 1.807) is 23.7 Å². The maximum absolute atomic E-state index is 15.4. The number of carbonyl (C=O) groups is 1. The number of fused-ring (bicyclic) bond motifs is 1. The first-order valence-corrected chi connectivity index (χ1v) is 10.9. The third-order valence-corrected chi connectivity index (χ3v) is 6.15. The van der Waals surface area contributed by atoms with Crippen molar-refractivity contribution in [3.05, 3.63) is 62.6 Å². The van der Waals surface area contributed by atoms with Crippen molar-refractivity contribution >= 4 is 44.3 Å². The number of benzene rings is 2. The van der Waals surface area contributed by atoms with Gasteiger partial charge in [-0.3, -0.25) is 4.79 Å². The summed E-state index contributed by atoms with van der Waals surface area (Å²) in [5, 5.41) is 0.498. The Balaban J connectivity index is 1.66. The summed E-state index contributed by atoms with van der Waals surface area (Å²) in [6, 6.07) is 7.09. The number of imidazole rings is 1. The molecule has 0 radical (unpaired) electrons. The van der Waals surface area contributed by atoms with Crippen molar-refractivity contribution in [2.45, 2.75) is 25.4 Å². The van der Waals surface area contributed by atoms with Crippen molar-refractivity contribution in [1.82, 2.24) is 9.55 Å². The minimum absolute atomic E-state index is 0.0233. The Morgan fingerprint density at radius 3 is 3.00 bits per heavy atom. The Morgan fingerprint density at radius 1 is 1.43 bits per heavy atom. The molecule has 1 aliphatic rings. The third-order valence-electron chi connectivity index (χ3n) is 5.31. The van der Waals surface area contributed by atoms with E-state index >= 15 is 4.39 Å². The number of carbonyl (C=O) groups excluding carboxylic acids is 1. The van der Waals surface area contributed by atoms with Gasteiger partial charge in [-0.25, -0.2) is 9.37 Å². The first-order chi connectivity index (χ1) is 14.4. The Labute approximate surface area is 187 Å². The lowest BCUT2D eigenvalue weighted by Crippen LogP contribution is -2.19. The van der Waals surface area contributed by atoms with Crippen LogP contribution in [0, 0.1) is 5.82 Å². The van der Waals surface area contributed by atoms with Crippen LogP contribution < -0.4 is 0 Å². The Bertz CT molecular complexity index is 1100. The Kier molecular flexibility index (Phi) is 6.53. The van der Waals surface area contributed by atoms with E-state index in [-0.39, 0.29) is 41.6 Å². The number of aromatic nitrogens is 2. The lowest BCUT2D eigenvalue weighted by Gasteiger charge is -2.14. The summed E-state index contributed by atoms with van der Waals surface area (Å²) in [7, 11) is 1.77. The summed E-state index contributed by atoms with van der Waals surface area (Å²) in [6.45, 7) is 0.947. The molecule has 0 amide bonds. The quantitative estimate of drug-likeness (QED) is 0.428. The van der Waals surface area contributed by atoms with Gasteiger partial charge in [-0.15, -0.1) is 0 Å². The first kappa shape index (κ1) is 21.4. The largest absolute Gasteiger partial charge is 0.376 e. The molecule has 30 heavy (non-hydrogen) atoms. The lowest BCUT2D eigenvalue weighted by atomic mass is 9.95. The topological polar surface area (TPSA) is 53.4 Å². The van der Waals surface area contributed by atoms with E-state index in [2.05, 4.69) is 20.9 Å². The van der Waals surface area contributed by atoms with E-state index in [0.717, 1.165) is 29.5 Å². The van der Waals surface area contributed by atoms with Gasteiger partial charge in [0.1, 0.15) is 12.1 Å². The SMILES string of the molecule is Cn1cnc2c(F)c(Cc3ccc(Br)cc3Cl)c(C(=O)COCC3CCCO3)cc21. The molecule has 1 aromatic heterocycles. The molecule has 1 aliphatic heterocycles. The predicted molar refractivity (Wildman–Crippen MR) is 117 cm³/mol. The summed E-state index contributed by atoms with van der Waals surface area (Å²) in [4.78, 5) is 17.2. The monoisotopic (exact) mass is 494 g/mol. The van der Waals surface area contributed by atoms with Gasteiger partial charge >= 0.3 is 0 Å². The summed E-state index contributed by atoms with van der Waals surface area (Å²) >= 11 is 9.72. The average molecular weight is 496 g/mol. The Hall–Kier alpha value is -1.80. The molecule has 4 rings (SSSR count). The van der Waals surface area contributed by atoms with E-state index in [1.807, 2.05) is 12.1 Å². The highest BCUT2D eigenvalue weighted by atomic mass is 79.9. The second-order valence-electron chi connectivity index (χ2n) is 7.43. The Morgan fingerprint density at radius 2 is 2.27 bits per heavy atom. The van der Waals surface area contributed by atoms with Crippen LogP contribution in [0.15, 0.2) is 35.1 Å². The molecule has 2 heterocycles. The fraction of sp³-hybridized carbons (Fsp3) is 0.364. The number of hydrogen-bond acceptors (Lipinski definition) is 4. The second-order valence-corrected chi connectivity index (χ2v) is 8.75. The zero-order chi connectivity index (χ0) is 21.3. The number of hydrogen-bond donors (Lipinski definition) is 0. The summed E-state index contributed by atoms with van der Waals surface area (Å²) in [6.07, 6.45) is 3.67. The van der Waals surface area contributed by atoms with Crippen molar-refractivity contribution < 1.29 is 18.7 Å². The molecule has 0 spiro atoms.